The van der Waals surface area contributed by atoms with Gasteiger partial charge in [0.15, 0.2) is 0 Å². The number of carbonyl (C=O) groups is 2. The first-order chi connectivity index (χ1) is 5.25. The second kappa shape index (κ2) is 4.98. The van der Waals surface area contributed by atoms with E-state index in [2.05, 4.69) is 10.6 Å². The van der Waals surface area contributed by atoms with Crippen LogP contribution in [0.2, 0.25) is 0 Å². The van der Waals surface area contributed by atoms with Crippen LogP contribution in [0.5, 0.6) is 0 Å². The van der Waals surface area contributed by atoms with E-state index >= 15 is 0 Å². The maximum absolute atomic E-state index is 11.1. The van der Waals surface area contributed by atoms with Crippen molar-refractivity contribution in [2.75, 3.05) is 13.1 Å². The van der Waals surface area contributed by atoms with Crippen molar-refractivity contribution in [3.05, 3.63) is 0 Å². The zero-order valence-corrected chi connectivity index (χ0v) is 7.74. The van der Waals surface area contributed by atoms with Crippen LogP contribution >= 0.6 is 12.4 Å². The van der Waals surface area contributed by atoms with Crippen molar-refractivity contribution in [3.63, 3.8) is 0 Å². The van der Waals surface area contributed by atoms with Crippen LogP contribution in [0.4, 0.5) is 0 Å². The third-order valence-corrected chi connectivity index (χ3v) is 1.72. The van der Waals surface area contributed by atoms with Crippen LogP contribution in [0.3, 0.4) is 0 Å². The lowest BCUT2D eigenvalue weighted by molar-refractivity contribution is -0.132. The molecule has 1 aliphatic heterocycles. The van der Waals surface area contributed by atoms with Crippen LogP contribution in [-0.2, 0) is 9.59 Å². The summed E-state index contributed by atoms with van der Waals surface area (Å²) in [7, 11) is 0. The van der Waals surface area contributed by atoms with Crippen molar-refractivity contribution < 1.29 is 9.59 Å². The summed E-state index contributed by atoms with van der Waals surface area (Å²) in [6, 6.07) is 0. The molecule has 0 spiro atoms. The van der Waals surface area contributed by atoms with Gasteiger partial charge in [0, 0.05) is 13.1 Å². The summed E-state index contributed by atoms with van der Waals surface area (Å²) in [5, 5.41) is 5.23. The van der Waals surface area contributed by atoms with Crippen LogP contribution in [-0.4, -0.2) is 24.9 Å². The Labute approximate surface area is 77.5 Å². The highest BCUT2D eigenvalue weighted by Gasteiger charge is 2.30. The average Bonchev–Trinajstić information content (AvgIpc) is 2.36. The average molecular weight is 193 g/mol. The number of hydrogen-bond acceptors (Lipinski definition) is 2. The van der Waals surface area contributed by atoms with Crippen molar-refractivity contribution in [1.29, 1.82) is 0 Å². The Bertz CT molecular complexity index is 184. The highest BCUT2D eigenvalue weighted by Crippen LogP contribution is 2.08. The quantitative estimate of drug-likeness (QED) is 0.590. The summed E-state index contributed by atoms with van der Waals surface area (Å²) in [4.78, 5) is 22.0. The predicted molar refractivity (Wildman–Crippen MR) is 47.0 cm³/mol. The van der Waals surface area contributed by atoms with Crippen molar-refractivity contribution in [2.24, 2.45) is 5.92 Å². The molecule has 2 N–H and O–H groups in total. The fraction of sp³-hybridized carbons (Fsp3) is 0.714. The van der Waals surface area contributed by atoms with E-state index in [4.69, 9.17) is 0 Å². The maximum Gasteiger partial charge on any atom is 0.232 e. The third kappa shape index (κ3) is 2.37. The fourth-order valence-corrected chi connectivity index (χ4v) is 1.14. The molecule has 2 amide bonds. The summed E-state index contributed by atoms with van der Waals surface area (Å²) < 4.78 is 0. The van der Waals surface area contributed by atoms with Crippen molar-refractivity contribution in [1.82, 2.24) is 10.6 Å². The van der Waals surface area contributed by atoms with E-state index in [0.717, 1.165) is 0 Å². The molecule has 0 aromatic rings. The molecule has 1 aliphatic rings. The van der Waals surface area contributed by atoms with Gasteiger partial charge in [-0.3, -0.25) is 9.59 Å². The molecule has 1 rings (SSSR count). The number of carbonyl (C=O) groups excluding carboxylic acids is 2. The molecular formula is C7H13ClN2O2. The van der Waals surface area contributed by atoms with Crippen LogP contribution in [0.1, 0.15) is 13.3 Å². The molecule has 1 fully saturated rings. The monoisotopic (exact) mass is 192 g/mol. The Balaban J connectivity index is 0.00000121. The molecule has 0 aromatic heterocycles. The molecule has 1 heterocycles. The number of halogens is 1. The minimum Gasteiger partial charge on any atom is -0.356 e. The van der Waals surface area contributed by atoms with E-state index in [1.807, 2.05) is 6.92 Å². The number of hydrogen-bond donors (Lipinski definition) is 2. The van der Waals surface area contributed by atoms with Gasteiger partial charge < -0.3 is 10.6 Å². The number of nitrogens with one attached hydrogen (secondary N) is 2. The molecule has 1 saturated heterocycles. The molecule has 0 saturated carbocycles. The molecule has 0 bridgehead atoms. The highest BCUT2D eigenvalue weighted by atomic mass is 35.5. The SMILES string of the molecule is CCNC(=O)C1CCNC1=O.Cl. The Hall–Kier alpha value is -0.770. The number of amides is 2. The fourth-order valence-electron chi connectivity index (χ4n) is 1.14. The summed E-state index contributed by atoms with van der Waals surface area (Å²) in [6.45, 7) is 3.05. The maximum atomic E-state index is 11.1. The van der Waals surface area contributed by atoms with Gasteiger partial charge in [-0.15, -0.1) is 12.4 Å². The van der Waals surface area contributed by atoms with E-state index in [9.17, 15) is 9.59 Å². The number of rotatable bonds is 2. The molecule has 0 radical (unpaired) electrons. The van der Waals surface area contributed by atoms with Crippen molar-refractivity contribution >= 4 is 24.2 Å². The smallest absolute Gasteiger partial charge is 0.232 e. The second-order valence-electron chi connectivity index (χ2n) is 2.53. The standard InChI is InChI=1S/C7H12N2O2.ClH/c1-2-8-6(10)5-3-4-9-7(5)11;/h5H,2-4H2,1H3,(H,8,10)(H,9,11);1H. The summed E-state index contributed by atoms with van der Waals surface area (Å²) in [6.07, 6.45) is 0.630. The van der Waals surface area contributed by atoms with E-state index < -0.39 is 5.92 Å². The van der Waals surface area contributed by atoms with Crippen LogP contribution in [0.25, 0.3) is 0 Å². The van der Waals surface area contributed by atoms with Gasteiger partial charge in [0.05, 0.1) is 0 Å². The van der Waals surface area contributed by atoms with Crippen LogP contribution < -0.4 is 10.6 Å². The van der Waals surface area contributed by atoms with Gasteiger partial charge in [0.1, 0.15) is 5.92 Å². The molecular weight excluding hydrogens is 180 g/mol. The Morgan fingerprint density at radius 3 is 2.83 bits per heavy atom. The molecule has 70 valence electrons. The van der Waals surface area contributed by atoms with Gasteiger partial charge in [-0.25, -0.2) is 0 Å². The molecule has 0 aliphatic carbocycles. The lowest BCUT2D eigenvalue weighted by atomic mass is 10.1. The van der Waals surface area contributed by atoms with Crippen LogP contribution in [0.15, 0.2) is 0 Å². The van der Waals surface area contributed by atoms with Gasteiger partial charge >= 0.3 is 0 Å². The zero-order chi connectivity index (χ0) is 8.27. The molecule has 1 unspecified atom stereocenters. The Morgan fingerprint density at radius 2 is 2.42 bits per heavy atom. The van der Waals surface area contributed by atoms with E-state index in [0.29, 0.717) is 19.5 Å². The minimum absolute atomic E-state index is 0. The van der Waals surface area contributed by atoms with Crippen molar-refractivity contribution in [2.45, 2.75) is 13.3 Å². The van der Waals surface area contributed by atoms with Gasteiger partial charge in [0.2, 0.25) is 11.8 Å². The molecule has 5 heteroatoms. The lowest BCUT2D eigenvalue weighted by Crippen LogP contribution is -2.34. The largest absolute Gasteiger partial charge is 0.356 e. The van der Waals surface area contributed by atoms with E-state index in [1.54, 1.807) is 0 Å². The first-order valence-corrected chi connectivity index (χ1v) is 3.81. The Kier molecular flexibility index (Phi) is 4.66. The predicted octanol–water partition coefficient (Wildman–Crippen LogP) is -0.320. The highest BCUT2D eigenvalue weighted by molar-refractivity contribution is 6.01. The summed E-state index contributed by atoms with van der Waals surface area (Å²) in [5.41, 5.74) is 0. The van der Waals surface area contributed by atoms with Gasteiger partial charge in [0.25, 0.3) is 0 Å². The lowest BCUT2D eigenvalue weighted by Gasteiger charge is -2.05. The molecule has 12 heavy (non-hydrogen) atoms. The molecule has 0 aromatic carbocycles. The first kappa shape index (κ1) is 11.2. The van der Waals surface area contributed by atoms with Gasteiger partial charge in [-0.05, 0) is 13.3 Å². The summed E-state index contributed by atoms with van der Waals surface area (Å²) in [5.74, 6) is -0.742. The third-order valence-electron chi connectivity index (χ3n) is 1.72. The Morgan fingerprint density at radius 1 is 1.75 bits per heavy atom. The minimum atomic E-state index is -0.449. The van der Waals surface area contributed by atoms with Crippen molar-refractivity contribution in [3.8, 4) is 0 Å². The molecule has 4 nitrogen and oxygen atoms in total. The first-order valence-electron chi connectivity index (χ1n) is 3.81. The second-order valence-corrected chi connectivity index (χ2v) is 2.53. The topological polar surface area (TPSA) is 58.2 Å². The van der Waals surface area contributed by atoms with E-state index in [-0.39, 0.29) is 24.2 Å². The summed E-state index contributed by atoms with van der Waals surface area (Å²) >= 11 is 0. The normalized spacial score (nSPS) is 21.1. The van der Waals surface area contributed by atoms with Crippen LogP contribution in [0, 0.1) is 5.92 Å². The molecule has 1 atom stereocenters. The van der Waals surface area contributed by atoms with Gasteiger partial charge in [-0.1, -0.05) is 0 Å². The zero-order valence-electron chi connectivity index (χ0n) is 6.92. The van der Waals surface area contributed by atoms with Gasteiger partial charge in [-0.2, -0.15) is 0 Å². The van der Waals surface area contributed by atoms with E-state index in [1.165, 1.54) is 0 Å².